The molecule has 1 heterocycles. The van der Waals surface area contributed by atoms with Gasteiger partial charge >= 0.3 is 0 Å². The minimum absolute atomic E-state index is 0.257. The van der Waals surface area contributed by atoms with Crippen molar-refractivity contribution in [3.05, 3.63) is 0 Å². The third kappa shape index (κ3) is 3.58. The van der Waals surface area contributed by atoms with Gasteiger partial charge in [-0.2, -0.15) is 0 Å². The summed E-state index contributed by atoms with van der Waals surface area (Å²) in [4.78, 5) is 0. The first-order valence-electron chi connectivity index (χ1n) is 5.93. The van der Waals surface area contributed by atoms with Gasteiger partial charge in [-0.15, -0.1) is 0 Å². The van der Waals surface area contributed by atoms with E-state index in [4.69, 9.17) is 0 Å². The molecule has 0 aromatic rings. The Morgan fingerprint density at radius 3 is 2.21 bits per heavy atom. The van der Waals surface area contributed by atoms with Crippen molar-refractivity contribution >= 4 is 0 Å². The molecule has 0 bridgehead atoms. The second-order valence-corrected chi connectivity index (χ2v) is 5.71. The Bertz CT molecular complexity index is 164. The molecule has 0 unspecified atom stereocenters. The average Bonchev–Trinajstić information content (AvgIpc) is 2.15. The van der Waals surface area contributed by atoms with Crippen LogP contribution < -0.4 is 10.6 Å². The topological polar surface area (TPSA) is 24.1 Å². The molecule has 0 atom stereocenters. The van der Waals surface area contributed by atoms with Crippen molar-refractivity contribution < 1.29 is 0 Å². The van der Waals surface area contributed by atoms with Crippen LogP contribution >= 0.6 is 0 Å². The lowest BCUT2D eigenvalue weighted by Crippen LogP contribution is -2.47. The Labute approximate surface area is 88.8 Å². The summed E-state index contributed by atoms with van der Waals surface area (Å²) in [7, 11) is 0. The summed E-state index contributed by atoms with van der Waals surface area (Å²) in [6.07, 6.45) is 3.96. The van der Waals surface area contributed by atoms with Crippen molar-refractivity contribution in [1.82, 2.24) is 10.6 Å². The molecule has 14 heavy (non-hydrogen) atoms. The highest BCUT2D eigenvalue weighted by Crippen LogP contribution is 2.31. The van der Waals surface area contributed by atoms with Crippen LogP contribution in [0.4, 0.5) is 0 Å². The molecule has 1 aliphatic heterocycles. The van der Waals surface area contributed by atoms with Crippen LogP contribution in [0, 0.1) is 5.41 Å². The Balaban J connectivity index is 2.44. The molecule has 1 fully saturated rings. The zero-order valence-electron chi connectivity index (χ0n) is 10.2. The third-order valence-corrected chi connectivity index (χ3v) is 3.41. The van der Waals surface area contributed by atoms with E-state index in [0.717, 1.165) is 0 Å². The van der Waals surface area contributed by atoms with Crippen LogP contribution in [0.2, 0.25) is 0 Å². The van der Waals surface area contributed by atoms with Crippen molar-refractivity contribution in [2.45, 2.75) is 52.5 Å². The van der Waals surface area contributed by atoms with Gasteiger partial charge in [-0.25, -0.2) is 0 Å². The number of hydrogen-bond donors (Lipinski definition) is 2. The predicted octanol–water partition coefficient (Wildman–Crippen LogP) is 2.15. The van der Waals surface area contributed by atoms with Gasteiger partial charge in [-0.05, 0) is 58.5 Å². The second-order valence-electron chi connectivity index (χ2n) is 5.71. The van der Waals surface area contributed by atoms with Crippen LogP contribution in [-0.2, 0) is 0 Å². The summed E-state index contributed by atoms with van der Waals surface area (Å²) in [6, 6.07) is 0. The highest BCUT2D eigenvalue weighted by Gasteiger charge is 2.30. The second kappa shape index (κ2) is 4.63. The Hall–Kier alpha value is -0.0800. The van der Waals surface area contributed by atoms with E-state index in [1.54, 1.807) is 0 Å². The Morgan fingerprint density at radius 2 is 1.79 bits per heavy atom. The van der Waals surface area contributed by atoms with Crippen LogP contribution in [0.25, 0.3) is 0 Å². The van der Waals surface area contributed by atoms with Gasteiger partial charge in [-0.1, -0.05) is 6.92 Å². The van der Waals surface area contributed by atoms with E-state index in [2.05, 4.69) is 38.3 Å². The lowest BCUT2D eigenvalue weighted by molar-refractivity contribution is 0.170. The van der Waals surface area contributed by atoms with Crippen LogP contribution in [0.15, 0.2) is 0 Å². The molecule has 2 heteroatoms. The molecule has 2 N–H and O–H groups in total. The maximum atomic E-state index is 3.66. The van der Waals surface area contributed by atoms with Crippen LogP contribution in [0.1, 0.15) is 47.0 Å². The van der Waals surface area contributed by atoms with Gasteiger partial charge in [0.05, 0.1) is 0 Å². The van der Waals surface area contributed by atoms with Gasteiger partial charge in [0.1, 0.15) is 0 Å². The smallest absolute Gasteiger partial charge is 0.00967 e. The highest BCUT2D eigenvalue weighted by atomic mass is 15.0. The number of nitrogens with one attached hydrogen (secondary N) is 2. The highest BCUT2D eigenvalue weighted by molar-refractivity contribution is 4.87. The normalized spacial score (nSPS) is 22.3. The van der Waals surface area contributed by atoms with Crippen molar-refractivity contribution in [2.24, 2.45) is 5.41 Å². The molecule has 0 aliphatic carbocycles. The summed E-state index contributed by atoms with van der Waals surface area (Å²) in [5, 5.41) is 7.10. The molecule has 1 saturated heterocycles. The Morgan fingerprint density at radius 1 is 1.21 bits per heavy atom. The molecule has 0 aromatic heterocycles. The molecule has 0 radical (unpaired) electrons. The molecule has 2 nitrogen and oxygen atoms in total. The summed E-state index contributed by atoms with van der Waals surface area (Å²) in [6.45, 7) is 12.6. The lowest BCUT2D eigenvalue weighted by Gasteiger charge is -2.39. The van der Waals surface area contributed by atoms with Gasteiger partial charge in [0.25, 0.3) is 0 Å². The first-order valence-corrected chi connectivity index (χ1v) is 5.93. The molecule has 0 spiro atoms. The summed E-state index contributed by atoms with van der Waals surface area (Å²) >= 11 is 0. The van der Waals surface area contributed by atoms with Crippen molar-refractivity contribution in [1.29, 1.82) is 0 Å². The van der Waals surface area contributed by atoms with Crippen LogP contribution in [0.3, 0.4) is 0 Å². The average molecular weight is 198 g/mol. The van der Waals surface area contributed by atoms with E-state index in [9.17, 15) is 0 Å². The summed E-state index contributed by atoms with van der Waals surface area (Å²) < 4.78 is 0. The first kappa shape index (κ1) is 12.0. The van der Waals surface area contributed by atoms with E-state index < -0.39 is 0 Å². The minimum atomic E-state index is 0.257. The van der Waals surface area contributed by atoms with Gasteiger partial charge < -0.3 is 10.6 Å². The van der Waals surface area contributed by atoms with Crippen LogP contribution in [0.5, 0.6) is 0 Å². The standard InChI is InChI=1S/C12H26N2/c1-5-12(6-8-13-9-7-12)10-14-11(2,3)4/h13-14H,5-10H2,1-4H3. The summed E-state index contributed by atoms with van der Waals surface area (Å²) in [5.41, 5.74) is 0.811. The molecular weight excluding hydrogens is 172 g/mol. The molecule has 1 aliphatic rings. The molecule has 0 aromatic carbocycles. The minimum Gasteiger partial charge on any atom is -0.317 e. The predicted molar refractivity (Wildman–Crippen MR) is 62.6 cm³/mol. The van der Waals surface area contributed by atoms with E-state index in [-0.39, 0.29) is 5.54 Å². The maximum Gasteiger partial charge on any atom is 0.00967 e. The van der Waals surface area contributed by atoms with Crippen LogP contribution in [-0.4, -0.2) is 25.2 Å². The van der Waals surface area contributed by atoms with Gasteiger partial charge in [0, 0.05) is 12.1 Å². The summed E-state index contributed by atoms with van der Waals surface area (Å²) in [5.74, 6) is 0. The first-order chi connectivity index (χ1) is 6.47. The number of piperidine rings is 1. The van der Waals surface area contributed by atoms with E-state index >= 15 is 0 Å². The van der Waals surface area contributed by atoms with E-state index in [1.165, 1.54) is 38.9 Å². The SMILES string of the molecule is CCC1(CNC(C)(C)C)CCNCC1. The zero-order chi connectivity index (χ0) is 10.7. The molecule has 84 valence electrons. The van der Waals surface area contributed by atoms with Gasteiger partial charge in [0.2, 0.25) is 0 Å². The molecule has 1 rings (SSSR count). The van der Waals surface area contributed by atoms with Gasteiger partial charge in [-0.3, -0.25) is 0 Å². The molecular formula is C12H26N2. The fourth-order valence-corrected chi connectivity index (χ4v) is 2.07. The van der Waals surface area contributed by atoms with E-state index in [1.807, 2.05) is 0 Å². The quantitative estimate of drug-likeness (QED) is 0.726. The van der Waals surface area contributed by atoms with Crippen molar-refractivity contribution in [3.8, 4) is 0 Å². The lowest BCUT2D eigenvalue weighted by atomic mass is 9.76. The van der Waals surface area contributed by atoms with Gasteiger partial charge in [0.15, 0.2) is 0 Å². The molecule has 0 saturated carbocycles. The fraction of sp³-hybridized carbons (Fsp3) is 1.00. The number of hydrogen-bond acceptors (Lipinski definition) is 2. The zero-order valence-corrected chi connectivity index (χ0v) is 10.2. The number of rotatable bonds is 3. The fourth-order valence-electron chi connectivity index (χ4n) is 2.07. The Kier molecular flexibility index (Phi) is 3.96. The maximum absolute atomic E-state index is 3.66. The largest absolute Gasteiger partial charge is 0.317 e. The third-order valence-electron chi connectivity index (χ3n) is 3.41. The molecule has 0 amide bonds. The van der Waals surface area contributed by atoms with Crippen molar-refractivity contribution in [3.63, 3.8) is 0 Å². The van der Waals surface area contributed by atoms with E-state index in [0.29, 0.717) is 5.41 Å². The van der Waals surface area contributed by atoms with Crippen molar-refractivity contribution in [2.75, 3.05) is 19.6 Å². The monoisotopic (exact) mass is 198 g/mol.